The molecule has 1 aliphatic heterocycles. The van der Waals surface area contributed by atoms with E-state index in [0.717, 1.165) is 23.4 Å². The summed E-state index contributed by atoms with van der Waals surface area (Å²) in [7, 11) is 0. The molecule has 6 nitrogen and oxygen atoms in total. The number of nitrogens with zero attached hydrogens (tertiary/aromatic N) is 2. The van der Waals surface area contributed by atoms with E-state index in [1.165, 1.54) is 4.70 Å². The number of primary amides is 1. The number of carbonyl (C=O) groups is 2. The molecule has 144 valence electrons. The summed E-state index contributed by atoms with van der Waals surface area (Å²) in [5.41, 5.74) is 6.65. The zero-order valence-corrected chi connectivity index (χ0v) is 16.2. The molecule has 2 amide bonds. The highest BCUT2D eigenvalue weighted by atomic mass is 32.1. The molecular weight excluding hydrogens is 374 g/mol. The van der Waals surface area contributed by atoms with E-state index in [-0.39, 0.29) is 24.0 Å². The molecule has 0 bridgehead atoms. The van der Waals surface area contributed by atoms with Crippen LogP contribution < -0.4 is 10.5 Å². The third-order valence-electron chi connectivity index (χ3n) is 4.94. The smallest absolute Gasteiger partial charge is 0.260 e. The Labute approximate surface area is 166 Å². The van der Waals surface area contributed by atoms with Gasteiger partial charge in [0.05, 0.1) is 20.8 Å². The van der Waals surface area contributed by atoms with Gasteiger partial charge >= 0.3 is 0 Å². The van der Waals surface area contributed by atoms with Crippen LogP contribution in [0.1, 0.15) is 34.1 Å². The van der Waals surface area contributed by atoms with Gasteiger partial charge in [0.2, 0.25) is 0 Å². The Morgan fingerprint density at radius 2 is 1.96 bits per heavy atom. The summed E-state index contributed by atoms with van der Waals surface area (Å²) in [5, 5.41) is 1.08. The zero-order chi connectivity index (χ0) is 19.5. The monoisotopic (exact) mass is 395 g/mol. The van der Waals surface area contributed by atoms with Gasteiger partial charge < -0.3 is 15.4 Å². The van der Waals surface area contributed by atoms with E-state index in [0.29, 0.717) is 18.8 Å². The lowest BCUT2D eigenvalue weighted by Crippen LogP contribution is -2.41. The van der Waals surface area contributed by atoms with E-state index in [2.05, 4.69) is 6.07 Å². The number of benzene rings is 2. The lowest BCUT2D eigenvalue weighted by molar-refractivity contribution is -0.134. The number of para-hydroxylation sites is 2. The van der Waals surface area contributed by atoms with E-state index in [4.69, 9.17) is 15.5 Å². The number of hydrogen-bond acceptors (Lipinski definition) is 5. The molecule has 0 spiro atoms. The Morgan fingerprint density at radius 1 is 1.18 bits per heavy atom. The largest absolute Gasteiger partial charge is 0.483 e. The first-order chi connectivity index (χ1) is 13.6. The molecule has 7 heteroatoms. The van der Waals surface area contributed by atoms with Gasteiger partial charge in [0.25, 0.3) is 11.8 Å². The maximum absolute atomic E-state index is 12.7. The van der Waals surface area contributed by atoms with Gasteiger partial charge in [0.15, 0.2) is 6.61 Å². The number of likely N-dealkylation sites (tertiary alicyclic amines) is 1. The van der Waals surface area contributed by atoms with Crippen molar-refractivity contribution >= 4 is 33.4 Å². The molecule has 2 aromatic carbocycles. The quantitative estimate of drug-likeness (QED) is 0.719. The maximum atomic E-state index is 12.7. The second-order valence-corrected chi connectivity index (χ2v) is 7.91. The van der Waals surface area contributed by atoms with E-state index in [9.17, 15) is 9.59 Å². The SMILES string of the molecule is NC(=O)c1ccccc1OCC(=O)N1CCC[C@H](c2nc3ccccc3s2)C1. The molecule has 2 heterocycles. The van der Waals surface area contributed by atoms with Gasteiger partial charge in [-0.2, -0.15) is 0 Å². The Kier molecular flexibility index (Phi) is 5.25. The van der Waals surface area contributed by atoms with E-state index in [1.54, 1.807) is 35.6 Å². The summed E-state index contributed by atoms with van der Waals surface area (Å²) in [5.74, 6) is -0.0851. The number of carbonyl (C=O) groups excluding carboxylic acids is 2. The molecule has 1 aromatic heterocycles. The van der Waals surface area contributed by atoms with Crippen LogP contribution in [0.3, 0.4) is 0 Å². The topological polar surface area (TPSA) is 85.5 Å². The first kappa shape index (κ1) is 18.4. The van der Waals surface area contributed by atoms with Crippen LogP contribution in [-0.4, -0.2) is 41.4 Å². The molecule has 0 aliphatic carbocycles. The molecule has 1 saturated heterocycles. The van der Waals surface area contributed by atoms with Crippen LogP contribution in [0.5, 0.6) is 5.75 Å². The molecule has 1 atom stereocenters. The standard InChI is InChI=1S/C21H21N3O3S/c22-20(26)15-7-1-3-9-17(15)27-13-19(25)24-11-5-6-14(12-24)21-23-16-8-2-4-10-18(16)28-21/h1-4,7-10,14H,5-6,11-13H2,(H2,22,26)/t14-/m0/s1. The number of amides is 2. The molecule has 0 radical (unpaired) electrons. The highest BCUT2D eigenvalue weighted by Crippen LogP contribution is 2.33. The average Bonchev–Trinajstić information content (AvgIpc) is 3.16. The van der Waals surface area contributed by atoms with Crippen molar-refractivity contribution in [2.45, 2.75) is 18.8 Å². The molecule has 1 fully saturated rings. The van der Waals surface area contributed by atoms with Gasteiger partial charge in [0, 0.05) is 19.0 Å². The minimum atomic E-state index is -0.572. The summed E-state index contributed by atoms with van der Waals surface area (Å²) in [6, 6.07) is 14.8. The van der Waals surface area contributed by atoms with Crippen LogP contribution in [0.15, 0.2) is 48.5 Å². The number of fused-ring (bicyclic) bond motifs is 1. The molecule has 1 aliphatic rings. The molecule has 0 unspecified atom stereocenters. The van der Waals surface area contributed by atoms with Crippen molar-refractivity contribution in [2.75, 3.05) is 19.7 Å². The van der Waals surface area contributed by atoms with Crippen molar-refractivity contribution in [2.24, 2.45) is 5.73 Å². The van der Waals surface area contributed by atoms with E-state index >= 15 is 0 Å². The van der Waals surface area contributed by atoms with Crippen molar-refractivity contribution in [1.82, 2.24) is 9.88 Å². The van der Waals surface area contributed by atoms with Crippen molar-refractivity contribution in [3.05, 3.63) is 59.1 Å². The predicted molar refractivity (Wildman–Crippen MR) is 109 cm³/mol. The highest BCUT2D eigenvalue weighted by Gasteiger charge is 2.27. The predicted octanol–water partition coefficient (Wildman–Crippen LogP) is 3.18. The van der Waals surface area contributed by atoms with Crippen molar-refractivity contribution in [3.8, 4) is 5.75 Å². The summed E-state index contributed by atoms with van der Waals surface area (Å²) in [6.45, 7) is 1.23. The lowest BCUT2D eigenvalue weighted by atomic mass is 9.99. The van der Waals surface area contributed by atoms with Crippen LogP contribution >= 0.6 is 11.3 Å². The summed E-state index contributed by atoms with van der Waals surface area (Å²) in [6.07, 6.45) is 1.96. The molecule has 3 aromatic rings. The fraction of sp³-hybridized carbons (Fsp3) is 0.286. The first-order valence-corrected chi connectivity index (χ1v) is 10.1. The fourth-order valence-corrected chi connectivity index (χ4v) is 4.59. The number of nitrogens with two attached hydrogens (primary N) is 1. The van der Waals surface area contributed by atoms with Crippen molar-refractivity contribution in [3.63, 3.8) is 0 Å². The molecular formula is C21H21N3O3S. The Balaban J connectivity index is 1.41. The second-order valence-electron chi connectivity index (χ2n) is 6.85. The second kappa shape index (κ2) is 7.98. The molecule has 2 N–H and O–H groups in total. The number of hydrogen-bond donors (Lipinski definition) is 1. The number of piperidine rings is 1. The number of thiazole rings is 1. The van der Waals surface area contributed by atoms with Crippen LogP contribution in [-0.2, 0) is 4.79 Å². The van der Waals surface area contributed by atoms with Gasteiger partial charge in [0.1, 0.15) is 5.75 Å². The Morgan fingerprint density at radius 3 is 2.79 bits per heavy atom. The number of rotatable bonds is 5. The summed E-state index contributed by atoms with van der Waals surface area (Å²) >= 11 is 1.70. The zero-order valence-electron chi connectivity index (χ0n) is 15.3. The number of aromatic nitrogens is 1. The van der Waals surface area contributed by atoms with Crippen LogP contribution in [0.2, 0.25) is 0 Å². The fourth-order valence-electron chi connectivity index (χ4n) is 3.50. The lowest BCUT2D eigenvalue weighted by Gasteiger charge is -2.31. The van der Waals surface area contributed by atoms with Gasteiger partial charge in [-0.05, 0) is 37.1 Å². The summed E-state index contributed by atoms with van der Waals surface area (Å²) < 4.78 is 6.77. The Bertz CT molecular complexity index is 984. The van der Waals surface area contributed by atoms with Crippen LogP contribution in [0.25, 0.3) is 10.2 Å². The normalized spacial score (nSPS) is 16.9. The van der Waals surface area contributed by atoms with Gasteiger partial charge in [-0.1, -0.05) is 24.3 Å². The molecule has 28 heavy (non-hydrogen) atoms. The third-order valence-corrected chi connectivity index (χ3v) is 6.14. The Hall–Kier alpha value is -2.93. The van der Waals surface area contributed by atoms with E-state index in [1.807, 2.05) is 23.1 Å². The van der Waals surface area contributed by atoms with Gasteiger partial charge in [-0.25, -0.2) is 4.98 Å². The highest BCUT2D eigenvalue weighted by molar-refractivity contribution is 7.18. The first-order valence-electron chi connectivity index (χ1n) is 9.26. The number of ether oxygens (including phenoxy) is 1. The van der Waals surface area contributed by atoms with Crippen molar-refractivity contribution < 1.29 is 14.3 Å². The third kappa shape index (κ3) is 3.84. The minimum absolute atomic E-state index is 0.0925. The average molecular weight is 395 g/mol. The van der Waals surface area contributed by atoms with Crippen LogP contribution in [0.4, 0.5) is 0 Å². The minimum Gasteiger partial charge on any atom is -0.483 e. The van der Waals surface area contributed by atoms with Gasteiger partial charge in [-0.15, -0.1) is 11.3 Å². The molecule has 0 saturated carbocycles. The van der Waals surface area contributed by atoms with E-state index < -0.39 is 5.91 Å². The van der Waals surface area contributed by atoms with Crippen LogP contribution in [0, 0.1) is 0 Å². The van der Waals surface area contributed by atoms with Gasteiger partial charge in [-0.3, -0.25) is 9.59 Å². The summed E-state index contributed by atoms with van der Waals surface area (Å²) in [4.78, 5) is 30.7. The van der Waals surface area contributed by atoms with Crippen molar-refractivity contribution in [1.29, 1.82) is 0 Å². The molecule has 4 rings (SSSR count). The maximum Gasteiger partial charge on any atom is 0.260 e.